The Morgan fingerprint density at radius 1 is 1.27 bits per heavy atom. The van der Waals surface area contributed by atoms with Crippen LogP contribution in [-0.2, 0) is 7.05 Å². The van der Waals surface area contributed by atoms with Crippen molar-refractivity contribution in [2.24, 2.45) is 7.05 Å². The lowest BCUT2D eigenvalue weighted by Crippen LogP contribution is -2.49. The molecular weight excluding hydrogens is 325 g/mol. The highest BCUT2D eigenvalue weighted by Gasteiger charge is 2.30. The van der Waals surface area contributed by atoms with Crippen molar-refractivity contribution in [1.29, 1.82) is 0 Å². The van der Waals surface area contributed by atoms with Gasteiger partial charge in [-0.1, -0.05) is 0 Å². The number of nitrogens with one attached hydrogen (secondary N) is 1. The van der Waals surface area contributed by atoms with Crippen molar-refractivity contribution in [3.05, 3.63) is 48.3 Å². The zero-order chi connectivity index (χ0) is 13.9. The summed E-state index contributed by atoms with van der Waals surface area (Å²) in [6.07, 6.45) is 6.95. The monoisotopic (exact) mass is 343 g/mol. The summed E-state index contributed by atoms with van der Waals surface area (Å²) >= 11 is 0. The van der Waals surface area contributed by atoms with Crippen molar-refractivity contribution in [1.82, 2.24) is 24.8 Å². The zero-order valence-electron chi connectivity index (χ0n) is 12.2. The van der Waals surface area contributed by atoms with Crippen LogP contribution in [0, 0.1) is 0 Å². The van der Waals surface area contributed by atoms with Crippen LogP contribution in [-0.4, -0.2) is 45.0 Å². The van der Waals surface area contributed by atoms with Crippen molar-refractivity contribution < 1.29 is 4.79 Å². The molecule has 6 nitrogen and oxygen atoms in total. The first-order valence-electron chi connectivity index (χ1n) is 6.66. The second-order valence-corrected chi connectivity index (χ2v) is 4.85. The van der Waals surface area contributed by atoms with Crippen LogP contribution in [0.2, 0.25) is 0 Å². The van der Waals surface area contributed by atoms with Gasteiger partial charge in [-0.25, -0.2) is 4.98 Å². The van der Waals surface area contributed by atoms with Gasteiger partial charge in [-0.2, -0.15) is 0 Å². The number of imidazole rings is 1. The van der Waals surface area contributed by atoms with Crippen LogP contribution in [0.1, 0.15) is 22.2 Å². The highest BCUT2D eigenvalue weighted by molar-refractivity contribution is 5.94. The van der Waals surface area contributed by atoms with Crippen molar-refractivity contribution in [2.45, 2.75) is 6.04 Å². The third-order valence-electron chi connectivity index (χ3n) is 3.59. The van der Waals surface area contributed by atoms with E-state index in [1.807, 2.05) is 22.7 Å². The number of pyridine rings is 1. The van der Waals surface area contributed by atoms with Gasteiger partial charge >= 0.3 is 0 Å². The lowest BCUT2D eigenvalue weighted by molar-refractivity contribution is 0.0620. The largest absolute Gasteiger partial charge is 0.336 e. The third kappa shape index (κ3) is 3.58. The molecule has 1 aliphatic heterocycles. The first-order valence-corrected chi connectivity index (χ1v) is 6.66. The standard InChI is InChI=1S/C14H17N5O.2ClH/c1-18-8-7-17-13(18)12-10-16-6-9-19(12)14(20)11-2-4-15-5-3-11;;/h2-5,7-8,12,16H,6,9-10H2,1H3;2*1H. The van der Waals surface area contributed by atoms with Crippen LogP contribution in [0.3, 0.4) is 0 Å². The number of aryl methyl sites for hydroxylation is 1. The summed E-state index contributed by atoms with van der Waals surface area (Å²) in [5, 5.41) is 3.33. The summed E-state index contributed by atoms with van der Waals surface area (Å²) in [5.41, 5.74) is 0.668. The lowest BCUT2D eigenvalue weighted by atomic mass is 10.1. The Hall–Kier alpha value is -1.63. The summed E-state index contributed by atoms with van der Waals surface area (Å²) in [4.78, 5) is 22.9. The summed E-state index contributed by atoms with van der Waals surface area (Å²) in [6.45, 7) is 2.21. The maximum atomic E-state index is 12.6. The van der Waals surface area contributed by atoms with E-state index in [2.05, 4.69) is 15.3 Å². The van der Waals surface area contributed by atoms with E-state index in [0.29, 0.717) is 12.1 Å². The minimum absolute atomic E-state index is 0. The Bertz CT molecular complexity index is 604. The van der Waals surface area contributed by atoms with Crippen LogP contribution in [0.5, 0.6) is 0 Å². The van der Waals surface area contributed by atoms with E-state index in [0.717, 1.165) is 18.9 Å². The number of aromatic nitrogens is 3. The number of hydrogen-bond acceptors (Lipinski definition) is 4. The summed E-state index contributed by atoms with van der Waals surface area (Å²) in [5.74, 6) is 0.932. The van der Waals surface area contributed by atoms with Crippen LogP contribution in [0.4, 0.5) is 0 Å². The van der Waals surface area contributed by atoms with E-state index >= 15 is 0 Å². The maximum Gasteiger partial charge on any atom is 0.254 e. The molecule has 1 aliphatic rings. The number of piperazine rings is 1. The molecule has 1 saturated heterocycles. The van der Waals surface area contributed by atoms with Crippen molar-refractivity contribution in [3.63, 3.8) is 0 Å². The molecule has 120 valence electrons. The number of nitrogens with zero attached hydrogens (tertiary/aromatic N) is 4. The van der Waals surface area contributed by atoms with Gasteiger partial charge in [0, 0.05) is 57.0 Å². The number of amides is 1. The topological polar surface area (TPSA) is 63.1 Å². The first-order chi connectivity index (χ1) is 9.77. The van der Waals surface area contributed by atoms with Gasteiger partial charge in [-0.3, -0.25) is 9.78 Å². The van der Waals surface area contributed by atoms with Crippen LogP contribution in [0.15, 0.2) is 36.9 Å². The molecule has 0 spiro atoms. The smallest absolute Gasteiger partial charge is 0.254 e. The average Bonchev–Trinajstić information content (AvgIpc) is 2.93. The number of hydrogen-bond donors (Lipinski definition) is 1. The van der Waals surface area contributed by atoms with Gasteiger partial charge in [0.05, 0.1) is 0 Å². The van der Waals surface area contributed by atoms with E-state index in [1.54, 1.807) is 30.7 Å². The Balaban J connectivity index is 0.00000121. The second-order valence-electron chi connectivity index (χ2n) is 4.85. The predicted molar refractivity (Wildman–Crippen MR) is 88.6 cm³/mol. The molecule has 0 aromatic carbocycles. The molecule has 0 bridgehead atoms. The van der Waals surface area contributed by atoms with Gasteiger partial charge in [-0.05, 0) is 12.1 Å². The molecule has 0 saturated carbocycles. The predicted octanol–water partition coefficient (Wildman–Crippen LogP) is 1.45. The molecule has 2 aromatic rings. The second kappa shape index (κ2) is 8.12. The van der Waals surface area contributed by atoms with Crippen LogP contribution in [0.25, 0.3) is 0 Å². The molecule has 3 rings (SSSR count). The van der Waals surface area contributed by atoms with E-state index in [-0.39, 0.29) is 36.8 Å². The third-order valence-corrected chi connectivity index (χ3v) is 3.59. The molecule has 1 N–H and O–H groups in total. The minimum atomic E-state index is -0.0376. The van der Waals surface area contributed by atoms with Gasteiger partial charge in [-0.15, -0.1) is 24.8 Å². The molecule has 22 heavy (non-hydrogen) atoms. The quantitative estimate of drug-likeness (QED) is 0.896. The summed E-state index contributed by atoms with van der Waals surface area (Å²) < 4.78 is 1.96. The SMILES string of the molecule is Cl.Cl.Cn1ccnc1C1CNCCN1C(=O)c1ccncc1. The molecule has 3 heterocycles. The fraction of sp³-hybridized carbons (Fsp3) is 0.357. The Labute approximate surface area is 141 Å². The van der Waals surface area contributed by atoms with Gasteiger partial charge in [0.25, 0.3) is 5.91 Å². The van der Waals surface area contributed by atoms with E-state index < -0.39 is 0 Å². The van der Waals surface area contributed by atoms with E-state index in [1.165, 1.54) is 0 Å². The highest BCUT2D eigenvalue weighted by Crippen LogP contribution is 2.22. The van der Waals surface area contributed by atoms with Gasteiger partial charge in [0.2, 0.25) is 0 Å². The van der Waals surface area contributed by atoms with E-state index in [4.69, 9.17) is 0 Å². The molecule has 2 aromatic heterocycles. The van der Waals surface area contributed by atoms with Gasteiger partial charge < -0.3 is 14.8 Å². The van der Waals surface area contributed by atoms with Crippen molar-refractivity contribution in [2.75, 3.05) is 19.6 Å². The average molecular weight is 344 g/mol. The number of halogens is 2. The zero-order valence-corrected chi connectivity index (χ0v) is 13.8. The highest BCUT2D eigenvalue weighted by atomic mass is 35.5. The molecule has 1 fully saturated rings. The van der Waals surface area contributed by atoms with Crippen LogP contribution >= 0.6 is 24.8 Å². The summed E-state index contributed by atoms with van der Waals surface area (Å²) in [6, 6.07) is 3.46. The normalized spacial score (nSPS) is 17.3. The van der Waals surface area contributed by atoms with Gasteiger partial charge in [0.15, 0.2) is 0 Å². The van der Waals surface area contributed by atoms with Crippen molar-refractivity contribution >= 4 is 30.7 Å². The van der Waals surface area contributed by atoms with Crippen LogP contribution < -0.4 is 5.32 Å². The summed E-state index contributed by atoms with van der Waals surface area (Å²) in [7, 11) is 1.95. The molecule has 1 unspecified atom stereocenters. The maximum absolute atomic E-state index is 12.6. The molecule has 1 amide bonds. The fourth-order valence-corrected chi connectivity index (χ4v) is 2.54. The Morgan fingerprint density at radius 2 is 2.00 bits per heavy atom. The first kappa shape index (κ1) is 18.4. The van der Waals surface area contributed by atoms with Gasteiger partial charge in [0.1, 0.15) is 11.9 Å². The van der Waals surface area contributed by atoms with E-state index in [9.17, 15) is 4.79 Å². The lowest BCUT2D eigenvalue weighted by Gasteiger charge is -2.35. The molecule has 0 radical (unpaired) electrons. The molecular formula is C14H19Cl2N5O. The number of carbonyl (C=O) groups is 1. The number of carbonyl (C=O) groups excluding carboxylic acids is 1. The van der Waals surface area contributed by atoms with Crippen molar-refractivity contribution in [3.8, 4) is 0 Å². The Kier molecular flexibility index (Phi) is 6.80. The molecule has 8 heteroatoms. The fourth-order valence-electron chi connectivity index (χ4n) is 2.54. The Morgan fingerprint density at radius 3 is 2.64 bits per heavy atom. The number of rotatable bonds is 2. The molecule has 0 aliphatic carbocycles. The minimum Gasteiger partial charge on any atom is -0.336 e. The molecule has 1 atom stereocenters.